The molecule has 0 fully saturated rings. The number of fused-ring (bicyclic) bond motifs is 1. The van der Waals surface area contributed by atoms with Crippen LogP contribution in [0.3, 0.4) is 0 Å². The van der Waals surface area contributed by atoms with Gasteiger partial charge in [0.25, 0.3) is 0 Å². The van der Waals surface area contributed by atoms with Crippen molar-refractivity contribution in [2.24, 2.45) is 0 Å². The molecule has 1 aliphatic rings. The van der Waals surface area contributed by atoms with Gasteiger partial charge in [0.15, 0.2) is 5.16 Å². The molecule has 3 rings (SSSR count). The number of aliphatic carboxylic acids is 1. The van der Waals surface area contributed by atoms with Crippen LogP contribution in [0.15, 0.2) is 17.4 Å². The number of esters is 1. The van der Waals surface area contributed by atoms with Crippen molar-refractivity contribution >= 4 is 35.3 Å². The number of carbonyl (C=O) groups excluding carboxylic acids is 1. The van der Waals surface area contributed by atoms with E-state index in [0.29, 0.717) is 21.9 Å². The molecule has 0 atom stereocenters. The zero-order chi connectivity index (χ0) is 20.8. The van der Waals surface area contributed by atoms with Gasteiger partial charge in [0.2, 0.25) is 12.7 Å². The minimum absolute atomic E-state index is 0.201. The van der Waals surface area contributed by atoms with Gasteiger partial charge in [0.1, 0.15) is 5.15 Å². The molecule has 0 saturated carbocycles. The predicted octanol–water partition coefficient (Wildman–Crippen LogP) is 3.36. The van der Waals surface area contributed by atoms with Crippen molar-refractivity contribution < 1.29 is 24.2 Å². The average Bonchev–Trinajstić information content (AvgIpc) is 3.15. The maximum absolute atomic E-state index is 11.5. The van der Waals surface area contributed by atoms with Gasteiger partial charge in [-0.3, -0.25) is 9.59 Å². The highest BCUT2D eigenvalue weighted by molar-refractivity contribution is 7.98. The molecule has 0 saturated heterocycles. The highest BCUT2D eigenvalue weighted by atomic mass is 35.5. The van der Waals surface area contributed by atoms with Crippen molar-refractivity contribution in [3.8, 4) is 5.88 Å². The van der Waals surface area contributed by atoms with Gasteiger partial charge in [-0.05, 0) is 37.8 Å². The molecule has 0 aliphatic heterocycles. The average molecular weight is 438 g/mol. The minimum atomic E-state index is -1.05. The molecule has 154 valence electrons. The first-order valence-corrected chi connectivity index (χ1v) is 10.4. The summed E-state index contributed by atoms with van der Waals surface area (Å²) in [6.07, 6.45) is 3.79. The number of ether oxygens (including phenoxy) is 2. The summed E-state index contributed by atoms with van der Waals surface area (Å²) in [6.45, 7) is 1.65. The number of pyridine rings is 1. The first-order valence-electron chi connectivity index (χ1n) is 9.07. The van der Waals surface area contributed by atoms with Gasteiger partial charge in [-0.1, -0.05) is 23.4 Å². The van der Waals surface area contributed by atoms with Crippen molar-refractivity contribution in [3.63, 3.8) is 0 Å². The Morgan fingerprint density at radius 2 is 2.10 bits per heavy atom. The Morgan fingerprint density at radius 3 is 2.86 bits per heavy atom. The molecule has 0 amide bonds. The van der Waals surface area contributed by atoms with Crippen LogP contribution in [0.25, 0.3) is 0 Å². The lowest BCUT2D eigenvalue weighted by Crippen LogP contribution is -2.13. The lowest BCUT2D eigenvalue weighted by atomic mass is 10.2. The number of rotatable bonds is 9. The summed E-state index contributed by atoms with van der Waals surface area (Å²) in [6, 6.07) is 1.90. The molecule has 1 N–H and O–H groups in total. The standard InChI is InChI=1S/C19H20ClN3O5S/c1-11-7-8-21-17(20)13(11)9-29-19-22-14-4-2-3-12(14)18(23-19)28-10-27-16(26)6-5-15(24)25/h7-8H,2-6,9-10H2,1H3,(H,24,25). The van der Waals surface area contributed by atoms with Crippen LogP contribution >= 0.6 is 23.4 Å². The van der Waals surface area contributed by atoms with E-state index in [9.17, 15) is 9.59 Å². The highest BCUT2D eigenvalue weighted by Crippen LogP contribution is 2.32. The minimum Gasteiger partial charge on any atom is -0.481 e. The number of hydrogen-bond donors (Lipinski definition) is 1. The number of nitrogens with zero attached hydrogens (tertiary/aromatic N) is 3. The van der Waals surface area contributed by atoms with Crippen molar-refractivity contribution in [2.75, 3.05) is 6.79 Å². The molecule has 2 aromatic heterocycles. The first kappa shape index (κ1) is 21.3. The maximum atomic E-state index is 11.5. The third-order valence-corrected chi connectivity index (χ3v) is 5.62. The Bertz CT molecular complexity index is 905. The van der Waals surface area contributed by atoms with Crippen LogP contribution in [-0.2, 0) is 32.9 Å². The molecule has 1 aliphatic carbocycles. The number of carboxylic acids is 1. The highest BCUT2D eigenvalue weighted by Gasteiger charge is 2.21. The van der Waals surface area contributed by atoms with Gasteiger partial charge in [0, 0.05) is 23.1 Å². The van der Waals surface area contributed by atoms with E-state index in [1.165, 1.54) is 11.8 Å². The Morgan fingerprint density at radius 1 is 1.28 bits per heavy atom. The van der Waals surface area contributed by atoms with E-state index in [4.69, 9.17) is 26.2 Å². The summed E-state index contributed by atoms with van der Waals surface area (Å²) in [5, 5.41) is 9.61. The second-order valence-electron chi connectivity index (χ2n) is 6.45. The summed E-state index contributed by atoms with van der Waals surface area (Å²) < 4.78 is 10.5. The lowest BCUT2D eigenvalue weighted by Gasteiger charge is -2.12. The molecule has 0 unspecified atom stereocenters. The molecule has 0 aromatic carbocycles. The van der Waals surface area contributed by atoms with Gasteiger partial charge in [-0.2, -0.15) is 4.98 Å². The molecule has 10 heteroatoms. The number of aryl methyl sites for hydroxylation is 2. The van der Waals surface area contributed by atoms with Crippen LogP contribution in [0, 0.1) is 6.92 Å². The monoisotopic (exact) mass is 437 g/mol. The number of carbonyl (C=O) groups is 2. The zero-order valence-electron chi connectivity index (χ0n) is 15.8. The van der Waals surface area contributed by atoms with E-state index in [2.05, 4.69) is 15.0 Å². The maximum Gasteiger partial charge on any atom is 0.309 e. The summed E-state index contributed by atoms with van der Waals surface area (Å²) in [5.41, 5.74) is 3.83. The predicted molar refractivity (Wildman–Crippen MR) is 106 cm³/mol. The second kappa shape index (κ2) is 9.89. The van der Waals surface area contributed by atoms with Gasteiger partial charge in [-0.25, -0.2) is 9.97 Å². The molecular formula is C19H20ClN3O5S. The Labute approximate surface area is 177 Å². The van der Waals surface area contributed by atoms with Crippen LogP contribution in [0.4, 0.5) is 0 Å². The SMILES string of the molecule is Cc1ccnc(Cl)c1CSc1nc2c(c(OCOC(=O)CCC(=O)O)n1)CCC2. The molecular weight excluding hydrogens is 418 g/mol. The number of thioether (sulfide) groups is 1. The molecule has 8 nitrogen and oxygen atoms in total. The van der Waals surface area contributed by atoms with Gasteiger partial charge in [-0.15, -0.1) is 0 Å². The van der Waals surface area contributed by atoms with E-state index >= 15 is 0 Å². The summed E-state index contributed by atoms with van der Waals surface area (Å²) in [4.78, 5) is 35.2. The number of carboxylic acid groups (broad SMARTS) is 1. The third kappa shape index (κ3) is 5.80. The fourth-order valence-electron chi connectivity index (χ4n) is 2.86. The molecule has 0 spiro atoms. The Balaban J connectivity index is 1.65. The van der Waals surface area contributed by atoms with E-state index < -0.39 is 11.9 Å². The Hall–Kier alpha value is -2.39. The van der Waals surface area contributed by atoms with Crippen LogP contribution in [-0.4, -0.2) is 38.8 Å². The van der Waals surface area contributed by atoms with E-state index in [-0.39, 0.29) is 19.6 Å². The smallest absolute Gasteiger partial charge is 0.309 e. The Kier molecular flexibility index (Phi) is 7.27. The fourth-order valence-corrected chi connectivity index (χ4v) is 4.17. The number of halogens is 1. The largest absolute Gasteiger partial charge is 0.481 e. The first-order chi connectivity index (χ1) is 13.9. The van der Waals surface area contributed by atoms with E-state index in [0.717, 1.165) is 41.6 Å². The van der Waals surface area contributed by atoms with Crippen molar-refractivity contribution in [1.82, 2.24) is 15.0 Å². The van der Waals surface area contributed by atoms with Gasteiger partial charge < -0.3 is 14.6 Å². The molecule has 2 aromatic rings. The lowest BCUT2D eigenvalue weighted by molar-refractivity contribution is -0.153. The third-order valence-electron chi connectivity index (χ3n) is 4.42. The quantitative estimate of drug-likeness (QED) is 0.207. The van der Waals surface area contributed by atoms with Gasteiger partial charge >= 0.3 is 11.9 Å². The molecule has 0 radical (unpaired) electrons. The summed E-state index contributed by atoms with van der Waals surface area (Å²) in [7, 11) is 0. The van der Waals surface area contributed by atoms with E-state index in [1.54, 1.807) is 6.20 Å². The van der Waals surface area contributed by atoms with Crippen LogP contribution < -0.4 is 4.74 Å². The fraction of sp³-hybridized carbons (Fsp3) is 0.421. The normalized spacial score (nSPS) is 12.5. The molecule has 29 heavy (non-hydrogen) atoms. The van der Waals surface area contributed by atoms with Crippen molar-refractivity contribution in [2.45, 2.75) is 49.9 Å². The van der Waals surface area contributed by atoms with Crippen LogP contribution in [0.1, 0.15) is 41.6 Å². The zero-order valence-corrected chi connectivity index (χ0v) is 17.4. The van der Waals surface area contributed by atoms with Crippen molar-refractivity contribution in [1.29, 1.82) is 0 Å². The summed E-state index contributed by atoms with van der Waals surface area (Å²) in [5.74, 6) is -0.715. The number of hydrogen-bond acceptors (Lipinski definition) is 8. The second-order valence-corrected chi connectivity index (χ2v) is 7.75. The summed E-state index contributed by atoms with van der Waals surface area (Å²) >= 11 is 7.62. The van der Waals surface area contributed by atoms with Crippen LogP contribution in [0.2, 0.25) is 5.15 Å². The van der Waals surface area contributed by atoms with Crippen LogP contribution in [0.5, 0.6) is 5.88 Å². The molecule has 0 bridgehead atoms. The van der Waals surface area contributed by atoms with Gasteiger partial charge in [0.05, 0.1) is 18.5 Å². The van der Waals surface area contributed by atoms with Crippen molar-refractivity contribution in [3.05, 3.63) is 39.8 Å². The van der Waals surface area contributed by atoms with E-state index in [1.807, 2.05) is 13.0 Å². The topological polar surface area (TPSA) is 112 Å². The molecule has 2 heterocycles. The number of aromatic nitrogens is 3.